The molecule has 0 aliphatic rings. The Kier molecular flexibility index (Phi) is 4.76. The van der Waals surface area contributed by atoms with Crippen molar-refractivity contribution in [3.8, 4) is 0 Å². The van der Waals surface area contributed by atoms with Crippen molar-refractivity contribution in [1.29, 1.82) is 0 Å². The molecule has 0 bridgehead atoms. The molecule has 0 amide bonds. The maximum absolute atomic E-state index is 4.46. The molecule has 2 rings (SSSR count). The fraction of sp³-hybridized carbons (Fsp3) is 0.267. The average Bonchev–Trinajstić information content (AvgIpc) is 2.42. The topological polar surface area (TPSA) is 16.1 Å². The number of aromatic nitrogens is 1. The van der Waals surface area contributed by atoms with Crippen molar-refractivity contribution in [1.82, 2.24) is 4.98 Å². The molecule has 94 valence electrons. The van der Waals surface area contributed by atoms with Crippen LogP contribution in [0.15, 0.2) is 48.7 Å². The highest BCUT2D eigenvalue weighted by atomic mass is 79.9. The summed E-state index contributed by atoms with van der Waals surface area (Å²) < 4.78 is 0. The molecule has 18 heavy (non-hydrogen) atoms. The Hall–Kier alpha value is -1.35. The van der Waals surface area contributed by atoms with Gasteiger partial charge in [0.15, 0.2) is 0 Å². The van der Waals surface area contributed by atoms with E-state index in [1.165, 1.54) is 11.3 Å². The highest BCUT2D eigenvalue weighted by Crippen LogP contribution is 2.26. The molecule has 0 spiro atoms. The first-order chi connectivity index (χ1) is 8.83. The van der Waals surface area contributed by atoms with Crippen molar-refractivity contribution in [3.05, 3.63) is 54.2 Å². The fourth-order valence-corrected chi connectivity index (χ4v) is 2.21. The average molecular weight is 305 g/mol. The number of pyridine rings is 1. The molecule has 0 atom stereocenters. The van der Waals surface area contributed by atoms with Gasteiger partial charge in [0.25, 0.3) is 0 Å². The molecule has 2 aromatic rings. The standard InChI is InChI=1S/C15H17BrN2/c1-13-7-2-3-8-14(13)18(12-6-10-16)15-9-4-5-11-17-15/h2-5,7-9,11H,6,10,12H2,1H3. The van der Waals surface area contributed by atoms with Crippen LogP contribution in [0.5, 0.6) is 0 Å². The molecule has 0 radical (unpaired) electrons. The van der Waals surface area contributed by atoms with Crippen LogP contribution in [0.25, 0.3) is 0 Å². The highest BCUT2D eigenvalue weighted by Gasteiger charge is 2.11. The zero-order chi connectivity index (χ0) is 12.8. The molecule has 1 aromatic heterocycles. The molecule has 1 aromatic carbocycles. The van der Waals surface area contributed by atoms with E-state index in [2.05, 4.69) is 63.1 Å². The number of aryl methyl sites for hydroxylation is 1. The van der Waals surface area contributed by atoms with E-state index in [0.717, 1.165) is 24.1 Å². The summed E-state index contributed by atoms with van der Waals surface area (Å²) in [6.45, 7) is 3.10. The Morgan fingerprint density at radius 3 is 2.56 bits per heavy atom. The first-order valence-corrected chi connectivity index (χ1v) is 7.25. The van der Waals surface area contributed by atoms with Gasteiger partial charge in [-0.15, -0.1) is 0 Å². The molecule has 0 aliphatic heterocycles. The number of alkyl halides is 1. The second kappa shape index (κ2) is 6.55. The van der Waals surface area contributed by atoms with Crippen LogP contribution < -0.4 is 4.90 Å². The van der Waals surface area contributed by atoms with Gasteiger partial charge in [-0.1, -0.05) is 40.2 Å². The Morgan fingerprint density at radius 2 is 1.89 bits per heavy atom. The van der Waals surface area contributed by atoms with Crippen molar-refractivity contribution in [2.24, 2.45) is 0 Å². The Labute approximate surface area is 117 Å². The van der Waals surface area contributed by atoms with Gasteiger partial charge in [-0.25, -0.2) is 4.98 Å². The van der Waals surface area contributed by atoms with Crippen LogP contribution in [0.2, 0.25) is 0 Å². The lowest BCUT2D eigenvalue weighted by Gasteiger charge is -2.25. The smallest absolute Gasteiger partial charge is 0.132 e. The summed E-state index contributed by atoms with van der Waals surface area (Å²) in [5.41, 5.74) is 2.51. The van der Waals surface area contributed by atoms with E-state index < -0.39 is 0 Å². The van der Waals surface area contributed by atoms with Gasteiger partial charge in [-0.2, -0.15) is 0 Å². The summed E-state index contributed by atoms with van der Waals surface area (Å²) in [6, 6.07) is 14.5. The number of benzene rings is 1. The van der Waals surface area contributed by atoms with Gasteiger partial charge in [-0.05, 0) is 37.1 Å². The zero-order valence-electron chi connectivity index (χ0n) is 10.5. The van der Waals surface area contributed by atoms with Crippen molar-refractivity contribution in [3.63, 3.8) is 0 Å². The largest absolute Gasteiger partial charge is 0.326 e. The van der Waals surface area contributed by atoms with Gasteiger partial charge < -0.3 is 4.90 Å². The molecule has 0 fully saturated rings. The predicted molar refractivity (Wildman–Crippen MR) is 80.8 cm³/mol. The summed E-state index contributed by atoms with van der Waals surface area (Å²) in [7, 11) is 0. The zero-order valence-corrected chi connectivity index (χ0v) is 12.1. The molecule has 0 saturated carbocycles. The number of hydrogen-bond acceptors (Lipinski definition) is 2. The third-order valence-electron chi connectivity index (χ3n) is 2.85. The van der Waals surface area contributed by atoms with Crippen LogP contribution in [-0.4, -0.2) is 16.9 Å². The van der Waals surface area contributed by atoms with E-state index in [1.54, 1.807) is 0 Å². The van der Waals surface area contributed by atoms with Gasteiger partial charge in [-0.3, -0.25) is 0 Å². The Balaban J connectivity index is 2.34. The molecule has 0 N–H and O–H groups in total. The Bertz CT molecular complexity index is 485. The SMILES string of the molecule is Cc1ccccc1N(CCCBr)c1ccccn1. The summed E-state index contributed by atoms with van der Waals surface area (Å²) >= 11 is 3.49. The molecule has 1 heterocycles. The highest BCUT2D eigenvalue weighted by molar-refractivity contribution is 9.09. The maximum Gasteiger partial charge on any atom is 0.132 e. The summed E-state index contributed by atoms with van der Waals surface area (Å²) in [6.07, 6.45) is 2.93. The molecule has 3 heteroatoms. The molecular weight excluding hydrogens is 288 g/mol. The minimum Gasteiger partial charge on any atom is -0.326 e. The van der Waals surface area contributed by atoms with Crippen LogP contribution in [0.4, 0.5) is 11.5 Å². The molecule has 0 unspecified atom stereocenters. The fourth-order valence-electron chi connectivity index (χ4n) is 1.96. The van der Waals surface area contributed by atoms with E-state index in [0.29, 0.717) is 0 Å². The number of nitrogens with zero attached hydrogens (tertiary/aromatic N) is 2. The van der Waals surface area contributed by atoms with E-state index in [1.807, 2.05) is 18.3 Å². The van der Waals surface area contributed by atoms with Gasteiger partial charge in [0, 0.05) is 23.8 Å². The summed E-state index contributed by atoms with van der Waals surface area (Å²) in [5, 5.41) is 1.00. The minimum atomic E-state index is 0.965. The van der Waals surface area contributed by atoms with Gasteiger partial charge in [0.05, 0.1) is 0 Å². The van der Waals surface area contributed by atoms with E-state index in [9.17, 15) is 0 Å². The first-order valence-electron chi connectivity index (χ1n) is 6.13. The third kappa shape index (κ3) is 3.10. The van der Waals surface area contributed by atoms with E-state index in [-0.39, 0.29) is 0 Å². The van der Waals surface area contributed by atoms with Crippen molar-refractivity contribution >= 4 is 27.4 Å². The van der Waals surface area contributed by atoms with Crippen LogP contribution >= 0.6 is 15.9 Å². The summed E-state index contributed by atoms with van der Waals surface area (Å²) in [4.78, 5) is 6.73. The summed E-state index contributed by atoms with van der Waals surface area (Å²) in [5.74, 6) is 1.01. The normalized spacial score (nSPS) is 10.3. The molecular formula is C15H17BrN2. The van der Waals surface area contributed by atoms with Crippen molar-refractivity contribution in [2.45, 2.75) is 13.3 Å². The number of halogens is 1. The van der Waals surface area contributed by atoms with Crippen molar-refractivity contribution in [2.75, 3.05) is 16.8 Å². The van der Waals surface area contributed by atoms with Gasteiger partial charge in [0.1, 0.15) is 5.82 Å². The molecule has 0 aliphatic carbocycles. The van der Waals surface area contributed by atoms with Gasteiger partial charge >= 0.3 is 0 Å². The second-order valence-corrected chi connectivity index (χ2v) is 4.96. The van der Waals surface area contributed by atoms with E-state index >= 15 is 0 Å². The second-order valence-electron chi connectivity index (χ2n) is 4.17. The maximum atomic E-state index is 4.46. The van der Waals surface area contributed by atoms with Crippen molar-refractivity contribution < 1.29 is 0 Å². The molecule has 0 saturated heterocycles. The minimum absolute atomic E-state index is 0.965. The van der Waals surface area contributed by atoms with E-state index in [4.69, 9.17) is 0 Å². The van der Waals surface area contributed by atoms with Crippen LogP contribution in [0.3, 0.4) is 0 Å². The monoisotopic (exact) mass is 304 g/mol. The number of anilines is 2. The number of hydrogen-bond donors (Lipinski definition) is 0. The molecule has 2 nitrogen and oxygen atoms in total. The quantitative estimate of drug-likeness (QED) is 0.765. The Morgan fingerprint density at radius 1 is 1.11 bits per heavy atom. The number of para-hydroxylation sites is 1. The lowest BCUT2D eigenvalue weighted by molar-refractivity contribution is 0.880. The number of rotatable bonds is 5. The third-order valence-corrected chi connectivity index (χ3v) is 3.41. The first kappa shape index (κ1) is 13.1. The lowest BCUT2D eigenvalue weighted by atomic mass is 10.1. The van der Waals surface area contributed by atoms with Crippen LogP contribution in [0, 0.1) is 6.92 Å². The van der Waals surface area contributed by atoms with Crippen LogP contribution in [0.1, 0.15) is 12.0 Å². The van der Waals surface area contributed by atoms with Crippen LogP contribution in [-0.2, 0) is 0 Å². The predicted octanol–water partition coefficient (Wildman–Crippen LogP) is 4.31. The van der Waals surface area contributed by atoms with Gasteiger partial charge in [0.2, 0.25) is 0 Å². The lowest BCUT2D eigenvalue weighted by Crippen LogP contribution is -2.20.